The van der Waals surface area contributed by atoms with Gasteiger partial charge in [-0.15, -0.1) is 0 Å². The first-order chi connectivity index (χ1) is 8.25. The van der Waals surface area contributed by atoms with Crippen molar-refractivity contribution in [3.63, 3.8) is 0 Å². The van der Waals surface area contributed by atoms with Crippen LogP contribution in [0, 0.1) is 0 Å². The van der Waals surface area contributed by atoms with Crippen molar-refractivity contribution in [3.05, 3.63) is 47.9 Å². The Morgan fingerprint density at radius 2 is 2.12 bits per heavy atom. The molecule has 2 heterocycles. The van der Waals surface area contributed by atoms with E-state index >= 15 is 0 Å². The smallest absolute Gasteiger partial charge is 0.357 e. The van der Waals surface area contributed by atoms with Crippen LogP contribution in [0.5, 0.6) is 0 Å². The molecular weight excluding hydrogens is 222 g/mol. The minimum Gasteiger partial charge on any atom is -0.476 e. The highest BCUT2D eigenvalue weighted by Crippen LogP contribution is 2.02. The van der Waals surface area contributed by atoms with E-state index in [9.17, 15) is 4.79 Å². The lowest BCUT2D eigenvalue weighted by atomic mass is 10.3. The van der Waals surface area contributed by atoms with Gasteiger partial charge in [0.05, 0.1) is 6.54 Å². The van der Waals surface area contributed by atoms with Crippen LogP contribution in [0.15, 0.2) is 35.2 Å². The second-order valence-corrected chi connectivity index (χ2v) is 3.39. The molecule has 0 amide bonds. The normalized spacial score (nSPS) is 10.4. The Bertz CT molecular complexity index is 496. The molecule has 0 saturated carbocycles. The second-order valence-electron chi connectivity index (χ2n) is 3.39. The number of carboxylic acid groups (broad SMARTS) is 1. The van der Waals surface area contributed by atoms with Gasteiger partial charge in [0.2, 0.25) is 5.89 Å². The second kappa shape index (κ2) is 5.22. The zero-order chi connectivity index (χ0) is 12.1. The van der Waals surface area contributed by atoms with Crippen LogP contribution in [0.2, 0.25) is 0 Å². The Morgan fingerprint density at radius 3 is 2.76 bits per heavy atom. The topological polar surface area (TPSA) is 88.2 Å². The Labute approximate surface area is 97.3 Å². The summed E-state index contributed by atoms with van der Waals surface area (Å²) in [5.74, 6) is -0.731. The average Bonchev–Trinajstić information content (AvgIpc) is 2.79. The Kier molecular flexibility index (Phi) is 3.46. The van der Waals surface area contributed by atoms with Crippen molar-refractivity contribution >= 4 is 5.97 Å². The van der Waals surface area contributed by atoms with Gasteiger partial charge in [-0.3, -0.25) is 4.98 Å². The fourth-order valence-corrected chi connectivity index (χ4v) is 1.30. The maximum absolute atomic E-state index is 10.6. The monoisotopic (exact) mass is 233 g/mol. The number of hydrogen-bond acceptors (Lipinski definition) is 5. The highest BCUT2D eigenvalue weighted by Gasteiger charge is 2.09. The SMILES string of the molecule is O=C(O)c1coc(CNCc2ccncc2)n1. The van der Waals surface area contributed by atoms with E-state index in [1.54, 1.807) is 12.4 Å². The molecule has 6 heteroatoms. The van der Waals surface area contributed by atoms with Crippen molar-refractivity contribution in [1.29, 1.82) is 0 Å². The maximum atomic E-state index is 10.6. The first-order valence-electron chi connectivity index (χ1n) is 5.03. The van der Waals surface area contributed by atoms with Crippen molar-refractivity contribution in [1.82, 2.24) is 15.3 Å². The van der Waals surface area contributed by atoms with Gasteiger partial charge >= 0.3 is 5.97 Å². The summed E-state index contributed by atoms with van der Waals surface area (Å²) < 4.78 is 5.00. The molecule has 0 bridgehead atoms. The van der Waals surface area contributed by atoms with Gasteiger partial charge in [0, 0.05) is 18.9 Å². The molecule has 2 N–H and O–H groups in total. The molecule has 2 rings (SSSR count). The number of aromatic carboxylic acids is 1. The van der Waals surface area contributed by atoms with E-state index in [0.29, 0.717) is 19.0 Å². The van der Waals surface area contributed by atoms with Crippen molar-refractivity contribution in [3.8, 4) is 0 Å². The summed E-state index contributed by atoms with van der Waals surface area (Å²) in [7, 11) is 0. The molecule has 0 spiro atoms. The fraction of sp³-hybridized carbons (Fsp3) is 0.182. The van der Waals surface area contributed by atoms with Crippen LogP contribution in [-0.4, -0.2) is 21.0 Å². The maximum Gasteiger partial charge on any atom is 0.357 e. The first-order valence-corrected chi connectivity index (χ1v) is 5.03. The number of nitrogens with one attached hydrogen (secondary N) is 1. The standard InChI is InChI=1S/C11H11N3O3/c15-11(16)9-7-17-10(14-9)6-13-5-8-1-3-12-4-2-8/h1-4,7,13H,5-6H2,(H,15,16). The van der Waals surface area contributed by atoms with Crippen LogP contribution >= 0.6 is 0 Å². The number of hydrogen-bond donors (Lipinski definition) is 2. The molecule has 0 aliphatic carbocycles. The largest absolute Gasteiger partial charge is 0.476 e. The highest BCUT2D eigenvalue weighted by molar-refractivity contribution is 5.84. The van der Waals surface area contributed by atoms with Gasteiger partial charge in [0.15, 0.2) is 5.69 Å². The molecule has 6 nitrogen and oxygen atoms in total. The zero-order valence-electron chi connectivity index (χ0n) is 8.96. The van der Waals surface area contributed by atoms with Gasteiger partial charge in [-0.1, -0.05) is 0 Å². The highest BCUT2D eigenvalue weighted by atomic mass is 16.4. The minimum atomic E-state index is -1.09. The molecule has 0 aliphatic rings. The molecule has 0 saturated heterocycles. The van der Waals surface area contributed by atoms with E-state index in [2.05, 4.69) is 15.3 Å². The number of nitrogens with zero attached hydrogens (tertiary/aromatic N) is 2. The van der Waals surface area contributed by atoms with Crippen LogP contribution < -0.4 is 5.32 Å². The van der Waals surface area contributed by atoms with E-state index in [0.717, 1.165) is 11.8 Å². The van der Waals surface area contributed by atoms with Crippen molar-refractivity contribution in [2.24, 2.45) is 0 Å². The van der Waals surface area contributed by atoms with Crippen LogP contribution in [0.4, 0.5) is 0 Å². The third-order valence-electron chi connectivity index (χ3n) is 2.13. The molecule has 0 aromatic carbocycles. The predicted molar refractivity (Wildman–Crippen MR) is 58.2 cm³/mol. The molecule has 88 valence electrons. The molecule has 0 radical (unpaired) electrons. The van der Waals surface area contributed by atoms with Crippen LogP contribution in [0.1, 0.15) is 21.9 Å². The fourth-order valence-electron chi connectivity index (χ4n) is 1.30. The third kappa shape index (κ3) is 3.12. The molecule has 0 fully saturated rings. The molecule has 0 aliphatic heterocycles. The van der Waals surface area contributed by atoms with Crippen molar-refractivity contribution in [2.75, 3.05) is 0 Å². The number of carbonyl (C=O) groups is 1. The summed E-state index contributed by atoms with van der Waals surface area (Å²) in [5, 5.41) is 11.7. The Balaban J connectivity index is 1.84. The number of pyridine rings is 1. The average molecular weight is 233 g/mol. The lowest BCUT2D eigenvalue weighted by Crippen LogP contribution is -2.13. The van der Waals surface area contributed by atoms with Gasteiger partial charge in [-0.25, -0.2) is 9.78 Å². The van der Waals surface area contributed by atoms with Gasteiger partial charge in [0.25, 0.3) is 0 Å². The molecule has 0 unspecified atom stereocenters. The van der Waals surface area contributed by atoms with Crippen LogP contribution in [0.3, 0.4) is 0 Å². The van der Waals surface area contributed by atoms with Gasteiger partial charge in [0.1, 0.15) is 6.26 Å². The van der Waals surface area contributed by atoms with Crippen molar-refractivity contribution in [2.45, 2.75) is 13.1 Å². The zero-order valence-corrected chi connectivity index (χ0v) is 8.96. The summed E-state index contributed by atoms with van der Waals surface area (Å²) in [6.07, 6.45) is 4.56. The van der Waals surface area contributed by atoms with E-state index in [1.807, 2.05) is 12.1 Å². The van der Waals surface area contributed by atoms with E-state index < -0.39 is 5.97 Å². The molecule has 2 aromatic rings. The minimum absolute atomic E-state index is 0.0780. The summed E-state index contributed by atoms with van der Waals surface area (Å²) in [6.45, 7) is 1.03. The van der Waals surface area contributed by atoms with Gasteiger partial charge in [-0.2, -0.15) is 0 Å². The molecule has 0 atom stereocenters. The number of rotatable bonds is 5. The van der Waals surface area contributed by atoms with E-state index in [-0.39, 0.29) is 5.69 Å². The predicted octanol–water partition coefficient (Wildman–Crippen LogP) is 1.06. The number of carboxylic acids is 1. The molecular formula is C11H11N3O3. The number of oxazole rings is 1. The summed E-state index contributed by atoms with van der Waals surface area (Å²) >= 11 is 0. The van der Waals surface area contributed by atoms with E-state index in [4.69, 9.17) is 9.52 Å². The Morgan fingerprint density at radius 1 is 1.35 bits per heavy atom. The van der Waals surface area contributed by atoms with Gasteiger partial charge in [-0.05, 0) is 17.7 Å². The van der Waals surface area contributed by atoms with Crippen molar-refractivity contribution < 1.29 is 14.3 Å². The Hall–Kier alpha value is -2.21. The van der Waals surface area contributed by atoms with Gasteiger partial charge < -0.3 is 14.8 Å². The quantitative estimate of drug-likeness (QED) is 0.802. The first kappa shape index (κ1) is 11.3. The van der Waals surface area contributed by atoms with Crippen LogP contribution in [0.25, 0.3) is 0 Å². The summed E-state index contributed by atoms with van der Waals surface area (Å²) in [4.78, 5) is 18.3. The molecule has 17 heavy (non-hydrogen) atoms. The lowest BCUT2D eigenvalue weighted by Gasteiger charge is -2.01. The van der Waals surface area contributed by atoms with Crippen LogP contribution in [-0.2, 0) is 13.1 Å². The number of aromatic nitrogens is 2. The summed E-state index contributed by atoms with van der Waals surface area (Å²) in [5.41, 5.74) is 1.01. The molecule has 2 aromatic heterocycles. The lowest BCUT2D eigenvalue weighted by molar-refractivity contribution is 0.0690. The van der Waals surface area contributed by atoms with E-state index in [1.165, 1.54) is 0 Å². The third-order valence-corrected chi connectivity index (χ3v) is 2.13. The summed E-state index contributed by atoms with van der Waals surface area (Å²) in [6, 6.07) is 3.79.